The normalized spacial score (nSPS) is 8.83. The molecule has 0 aliphatic heterocycles. The lowest BCUT2D eigenvalue weighted by molar-refractivity contribution is 0.565. The molecule has 0 bridgehead atoms. The van der Waals surface area contributed by atoms with Gasteiger partial charge in [-0.25, -0.2) is 0 Å². The molecule has 0 atom stereocenters. The van der Waals surface area contributed by atoms with Gasteiger partial charge in [-0.3, -0.25) is 0 Å². The van der Waals surface area contributed by atoms with Crippen LogP contribution in [0.4, 0.5) is 0 Å². The molecule has 0 fully saturated rings. The van der Waals surface area contributed by atoms with Gasteiger partial charge in [0.25, 0.3) is 0 Å². The Balaban J connectivity index is 0.000000120. The molecule has 0 N–H and O–H groups in total. The lowest BCUT2D eigenvalue weighted by Crippen LogP contribution is -1.48. The van der Waals surface area contributed by atoms with E-state index in [1.165, 1.54) is 11.1 Å². The Hall–Kier alpha value is -1.44. The fraction of sp³-hybridized carbons (Fsp3) is 0.200. The Bertz CT molecular complexity index is 247. The highest BCUT2D eigenvalue weighted by Gasteiger charge is 1.76. The molecule has 0 aliphatic carbocycles. The first-order chi connectivity index (χ1) is 5.79. The Morgan fingerprint density at radius 3 is 1.33 bits per heavy atom. The summed E-state index contributed by atoms with van der Waals surface area (Å²) in [4.78, 5) is 0. The van der Waals surface area contributed by atoms with Gasteiger partial charge in [0, 0.05) is 0 Å². The van der Waals surface area contributed by atoms with Crippen molar-refractivity contribution in [3.8, 4) is 0 Å². The van der Waals surface area contributed by atoms with Crippen LogP contribution in [0.5, 0.6) is 0 Å². The quantitative estimate of drug-likeness (QED) is 0.597. The van der Waals surface area contributed by atoms with Crippen molar-refractivity contribution < 1.29 is 8.83 Å². The summed E-state index contributed by atoms with van der Waals surface area (Å²) in [5, 5.41) is 0. The number of aryl methyl sites for hydroxylation is 2. The van der Waals surface area contributed by atoms with Crippen LogP contribution in [0.15, 0.2) is 46.0 Å². The minimum atomic E-state index is 1.18. The summed E-state index contributed by atoms with van der Waals surface area (Å²) in [5.74, 6) is 0. The number of hydrogen-bond acceptors (Lipinski definition) is 2. The molecule has 2 heteroatoms. The van der Waals surface area contributed by atoms with E-state index in [0.717, 1.165) is 0 Å². The van der Waals surface area contributed by atoms with Crippen molar-refractivity contribution in [2.24, 2.45) is 0 Å². The van der Waals surface area contributed by atoms with E-state index in [4.69, 9.17) is 8.83 Å². The summed E-state index contributed by atoms with van der Waals surface area (Å²) < 4.78 is 9.43. The summed E-state index contributed by atoms with van der Waals surface area (Å²) in [6.07, 6.45) is 6.74. The van der Waals surface area contributed by atoms with Crippen LogP contribution in [-0.2, 0) is 0 Å². The zero-order valence-electron chi connectivity index (χ0n) is 7.28. The van der Waals surface area contributed by atoms with Crippen molar-refractivity contribution in [3.05, 3.63) is 48.3 Å². The molecule has 0 saturated carbocycles. The molecule has 0 saturated heterocycles. The smallest absolute Gasteiger partial charge is 0.0931 e. The minimum Gasteiger partial charge on any atom is -0.472 e. The molecule has 2 nitrogen and oxygen atoms in total. The zero-order chi connectivity index (χ0) is 8.81. The van der Waals surface area contributed by atoms with Crippen molar-refractivity contribution >= 4 is 0 Å². The van der Waals surface area contributed by atoms with Crippen molar-refractivity contribution in [1.82, 2.24) is 0 Å². The van der Waals surface area contributed by atoms with E-state index in [1.807, 2.05) is 26.0 Å². The minimum absolute atomic E-state index is 1.18. The van der Waals surface area contributed by atoms with E-state index in [9.17, 15) is 0 Å². The van der Waals surface area contributed by atoms with Crippen LogP contribution >= 0.6 is 0 Å². The fourth-order valence-corrected chi connectivity index (χ4v) is 0.665. The molecule has 0 aromatic carbocycles. The number of rotatable bonds is 0. The van der Waals surface area contributed by atoms with Crippen LogP contribution in [0, 0.1) is 13.8 Å². The zero-order valence-corrected chi connectivity index (χ0v) is 7.28. The van der Waals surface area contributed by atoms with Crippen molar-refractivity contribution in [3.63, 3.8) is 0 Å². The second-order valence-electron chi connectivity index (χ2n) is 2.60. The summed E-state index contributed by atoms with van der Waals surface area (Å²) >= 11 is 0. The molecule has 2 heterocycles. The number of furan rings is 2. The van der Waals surface area contributed by atoms with E-state index in [1.54, 1.807) is 25.1 Å². The van der Waals surface area contributed by atoms with Crippen LogP contribution in [0.2, 0.25) is 0 Å². The predicted molar refractivity (Wildman–Crippen MR) is 46.9 cm³/mol. The molecule has 0 amide bonds. The maximum atomic E-state index is 4.71. The van der Waals surface area contributed by atoms with Gasteiger partial charge in [-0.2, -0.15) is 0 Å². The van der Waals surface area contributed by atoms with E-state index in [0.29, 0.717) is 0 Å². The largest absolute Gasteiger partial charge is 0.472 e. The number of hydrogen-bond donors (Lipinski definition) is 0. The average molecular weight is 164 g/mol. The topological polar surface area (TPSA) is 26.3 Å². The lowest BCUT2D eigenvalue weighted by Gasteiger charge is -1.63. The second kappa shape index (κ2) is 4.44. The van der Waals surface area contributed by atoms with Gasteiger partial charge >= 0.3 is 0 Å². The molecular formula is C10H12O2. The summed E-state index contributed by atoms with van der Waals surface area (Å²) in [6.45, 7) is 3.98. The first-order valence-electron chi connectivity index (χ1n) is 3.76. The molecule has 12 heavy (non-hydrogen) atoms. The maximum absolute atomic E-state index is 4.71. The van der Waals surface area contributed by atoms with Crippen molar-refractivity contribution in [2.75, 3.05) is 0 Å². The molecule has 0 aliphatic rings. The third kappa shape index (κ3) is 3.10. The van der Waals surface area contributed by atoms with E-state index >= 15 is 0 Å². The van der Waals surface area contributed by atoms with Gasteiger partial charge in [-0.1, -0.05) is 0 Å². The standard InChI is InChI=1S/2C5H6O/c2*1-5-2-3-6-4-5/h2*2-4H,1H3. The van der Waals surface area contributed by atoms with Crippen molar-refractivity contribution in [1.29, 1.82) is 0 Å². The molecule has 2 aromatic rings. The van der Waals surface area contributed by atoms with Crippen LogP contribution in [0.1, 0.15) is 11.1 Å². The SMILES string of the molecule is Cc1ccoc1.Cc1ccoc1. The molecule has 0 radical (unpaired) electrons. The molecular weight excluding hydrogens is 152 g/mol. The van der Waals surface area contributed by atoms with Crippen LogP contribution in [0.3, 0.4) is 0 Å². The highest BCUT2D eigenvalue weighted by molar-refractivity contribution is 5.00. The molecule has 0 spiro atoms. The third-order valence-corrected chi connectivity index (χ3v) is 1.33. The molecule has 2 rings (SSSR count). The predicted octanol–water partition coefficient (Wildman–Crippen LogP) is 3.18. The monoisotopic (exact) mass is 164 g/mol. The van der Waals surface area contributed by atoms with Gasteiger partial charge in [0.05, 0.1) is 25.1 Å². The van der Waals surface area contributed by atoms with Crippen molar-refractivity contribution in [2.45, 2.75) is 13.8 Å². The van der Waals surface area contributed by atoms with E-state index in [-0.39, 0.29) is 0 Å². The Kier molecular flexibility index (Phi) is 3.20. The third-order valence-electron chi connectivity index (χ3n) is 1.33. The molecule has 0 unspecified atom stereocenters. The summed E-state index contributed by atoms with van der Waals surface area (Å²) in [7, 11) is 0. The highest BCUT2D eigenvalue weighted by Crippen LogP contribution is 1.93. The van der Waals surface area contributed by atoms with Gasteiger partial charge in [0.2, 0.25) is 0 Å². The van der Waals surface area contributed by atoms with Gasteiger partial charge in [0.15, 0.2) is 0 Å². The first-order valence-corrected chi connectivity index (χ1v) is 3.76. The fourth-order valence-electron chi connectivity index (χ4n) is 0.665. The summed E-state index contributed by atoms with van der Waals surface area (Å²) in [6, 6.07) is 3.83. The molecule has 2 aromatic heterocycles. The van der Waals surface area contributed by atoms with Crippen LogP contribution in [-0.4, -0.2) is 0 Å². The average Bonchev–Trinajstić information content (AvgIpc) is 2.63. The Morgan fingerprint density at radius 2 is 1.25 bits per heavy atom. The summed E-state index contributed by atoms with van der Waals surface area (Å²) in [5.41, 5.74) is 2.35. The molecule has 64 valence electrons. The van der Waals surface area contributed by atoms with Gasteiger partial charge < -0.3 is 8.83 Å². The van der Waals surface area contributed by atoms with Gasteiger partial charge in [-0.05, 0) is 37.1 Å². The highest BCUT2D eigenvalue weighted by atomic mass is 16.3. The maximum Gasteiger partial charge on any atom is 0.0931 e. The van der Waals surface area contributed by atoms with Gasteiger partial charge in [0.1, 0.15) is 0 Å². The van der Waals surface area contributed by atoms with Crippen LogP contribution in [0.25, 0.3) is 0 Å². The second-order valence-corrected chi connectivity index (χ2v) is 2.60. The Morgan fingerprint density at radius 1 is 0.833 bits per heavy atom. The van der Waals surface area contributed by atoms with E-state index in [2.05, 4.69) is 0 Å². The van der Waals surface area contributed by atoms with Crippen LogP contribution < -0.4 is 0 Å². The lowest BCUT2D eigenvalue weighted by atomic mass is 10.4. The first kappa shape index (κ1) is 8.65. The van der Waals surface area contributed by atoms with E-state index < -0.39 is 0 Å². The Labute approximate surface area is 71.8 Å². The van der Waals surface area contributed by atoms with Gasteiger partial charge in [-0.15, -0.1) is 0 Å².